The van der Waals surface area contributed by atoms with Crippen LogP contribution in [0.2, 0.25) is 0 Å². The minimum absolute atomic E-state index is 0. The van der Waals surface area contributed by atoms with Crippen molar-refractivity contribution >= 4 is 22.5 Å². The molecule has 0 saturated heterocycles. The summed E-state index contributed by atoms with van der Waals surface area (Å²) in [6.45, 7) is 0.477. The molecule has 0 atom stereocenters. The van der Waals surface area contributed by atoms with Crippen molar-refractivity contribution in [1.82, 2.24) is 4.98 Å². The molecule has 0 fully saturated rings. The summed E-state index contributed by atoms with van der Waals surface area (Å²) >= 11 is 0. The number of aromatic hydroxyl groups is 1. The summed E-state index contributed by atoms with van der Waals surface area (Å²) in [5.41, 5.74) is 2.27. The first-order valence-electron chi connectivity index (χ1n) is 8.85. The second kappa shape index (κ2) is 8.89. The molecule has 0 aliphatic rings. The largest absolute Gasteiger partial charge is 0.505 e. The van der Waals surface area contributed by atoms with Crippen LogP contribution < -0.4 is 10.1 Å². The second-order valence-electron chi connectivity index (χ2n) is 6.29. The Morgan fingerprint density at radius 2 is 1.69 bits per heavy atom. The van der Waals surface area contributed by atoms with Crippen molar-refractivity contribution in [3.63, 3.8) is 0 Å². The molecule has 0 unspecified atom stereocenters. The Bertz CT molecular complexity index is 1110. The van der Waals surface area contributed by atoms with Crippen molar-refractivity contribution < 1.29 is 14.6 Å². The van der Waals surface area contributed by atoms with E-state index in [0.29, 0.717) is 23.6 Å². The predicted molar refractivity (Wildman–Crippen MR) is 115 cm³/mol. The van der Waals surface area contributed by atoms with Crippen LogP contribution in [-0.4, -0.2) is 16.0 Å². The van der Waals surface area contributed by atoms with Gasteiger partial charge in [-0.15, -0.1) is 0 Å². The molecule has 0 bridgehead atoms. The van der Waals surface area contributed by atoms with Crippen LogP contribution in [0.1, 0.15) is 23.3 Å². The third-order valence-corrected chi connectivity index (χ3v) is 4.35. The fraction of sp³-hybridized carbons (Fsp3) is 0.0833. The van der Waals surface area contributed by atoms with Gasteiger partial charge >= 0.3 is 0 Å². The van der Waals surface area contributed by atoms with E-state index in [2.05, 4.69) is 10.3 Å². The number of amides is 1. The normalized spacial score (nSPS) is 10.2. The maximum atomic E-state index is 12.5. The van der Waals surface area contributed by atoms with E-state index in [4.69, 9.17) is 4.74 Å². The highest BCUT2D eigenvalue weighted by molar-refractivity contribution is 6.09. The Morgan fingerprint density at radius 1 is 0.931 bits per heavy atom. The number of carbonyl (C=O) groups excluding carboxylic acids is 1. The van der Waals surface area contributed by atoms with Gasteiger partial charge in [-0.3, -0.25) is 9.78 Å². The lowest BCUT2D eigenvalue weighted by molar-refractivity contribution is 0.102. The lowest BCUT2D eigenvalue weighted by Gasteiger charge is -2.10. The quantitative estimate of drug-likeness (QED) is 0.481. The standard InChI is InChI=1S/C23H18N2O3.CH4/c26-22-20(13-8-17-7-4-14-24-21(17)22)23(27)25-18-9-11-19(12-10-18)28-15-16-5-2-1-3-6-16;/h1-14,26H,15H2,(H,25,27);1H4. The van der Waals surface area contributed by atoms with Crippen molar-refractivity contribution in [2.24, 2.45) is 0 Å². The van der Waals surface area contributed by atoms with Crippen LogP contribution in [0.3, 0.4) is 0 Å². The number of fused-ring (bicyclic) bond motifs is 1. The van der Waals surface area contributed by atoms with E-state index in [1.807, 2.05) is 36.4 Å². The van der Waals surface area contributed by atoms with E-state index in [0.717, 1.165) is 10.9 Å². The van der Waals surface area contributed by atoms with Gasteiger partial charge in [0.2, 0.25) is 0 Å². The molecule has 1 heterocycles. The molecule has 0 saturated carbocycles. The van der Waals surface area contributed by atoms with Crippen molar-refractivity contribution in [3.8, 4) is 11.5 Å². The molecule has 4 aromatic rings. The Kier molecular flexibility index (Phi) is 6.09. The SMILES string of the molecule is C.O=C(Nc1ccc(OCc2ccccc2)cc1)c1ccc2cccnc2c1O. The van der Waals surface area contributed by atoms with Crippen LogP contribution in [-0.2, 0) is 6.61 Å². The molecule has 1 aromatic heterocycles. The molecule has 5 nitrogen and oxygen atoms in total. The molecule has 4 rings (SSSR count). The number of phenolic OH excluding ortho intramolecular Hbond substituents is 1. The van der Waals surface area contributed by atoms with Gasteiger partial charge in [0.25, 0.3) is 5.91 Å². The van der Waals surface area contributed by atoms with Crippen LogP contribution in [0.5, 0.6) is 11.5 Å². The highest BCUT2D eigenvalue weighted by Crippen LogP contribution is 2.27. The van der Waals surface area contributed by atoms with Gasteiger partial charge in [-0.2, -0.15) is 0 Å². The van der Waals surface area contributed by atoms with Gasteiger partial charge in [-0.05, 0) is 42.0 Å². The topological polar surface area (TPSA) is 71.5 Å². The van der Waals surface area contributed by atoms with Gasteiger partial charge in [0.15, 0.2) is 5.75 Å². The number of nitrogens with one attached hydrogen (secondary N) is 1. The Labute approximate surface area is 169 Å². The first-order valence-corrected chi connectivity index (χ1v) is 8.85. The molecule has 29 heavy (non-hydrogen) atoms. The minimum Gasteiger partial charge on any atom is -0.505 e. The first kappa shape index (κ1) is 19.9. The highest BCUT2D eigenvalue weighted by atomic mass is 16.5. The Morgan fingerprint density at radius 3 is 2.45 bits per heavy atom. The number of pyridine rings is 1. The Hall–Kier alpha value is -3.86. The number of anilines is 1. The van der Waals surface area contributed by atoms with Gasteiger partial charge in [-0.25, -0.2) is 0 Å². The molecule has 5 heteroatoms. The van der Waals surface area contributed by atoms with Crippen molar-refractivity contribution in [2.75, 3.05) is 5.32 Å². The predicted octanol–water partition coefficient (Wildman–Crippen LogP) is 5.41. The summed E-state index contributed by atoms with van der Waals surface area (Å²) in [4.78, 5) is 16.7. The van der Waals surface area contributed by atoms with Crippen LogP contribution in [0.15, 0.2) is 85.1 Å². The fourth-order valence-corrected chi connectivity index (χ4v) is 2.89. The number of nitrogens with zero attached hydrogens (tertiary/aromatic N) is 1. The number of aromatic nitrogens is 1. The zero-order valence-corrected chi connectivity index (χ0v) is 15.0. The molecular formula is C24H22N2O3. The molecule has 0 aliphatic heterocycles. The van der Waals surface area contributed by atoms with Gasteiger partial charge in [-0.1, -0.05) is 49.9 Å². The second-order valence-corrected chi connectivity index (χ2v) is 6.29. The summed E-state index contributed by atoms with van der Waals surface area (Å²) in [5, 5.41) is 13.9. The maximum absolute atomic E-state index is 12.5. The lowest BCUT2D eigenvalue weighted by Crippen LogP contribution is -2.12. The van der Waals surface area contributed by atoms with Crippen molar-refractivity contribution in [1.29, 1.82) is 0 Å². The average molecular weight is 386 g/mol. The summed E-state index contributed by atoms with van der Waals surface area (Å²) in [5.74, 6) is 0.182. The lowest BCUT2D eigenvalue weighted by atomic mass is 10.1. The number of benzene rings is 3. The van der Waals surface area contributed by atoms with E-state index >= 15 is 0 Å². The van der Waals surface area contributed by atoms with E-state index in [1.54, 1.807) is 48.7 Å². The summed E-state index contributed by atoms with van der Waals surface area (Å²) < 4.78 is 5.74. The number of carbonyl (C=O) groups is 1. The Balaban J connectivity index is 0.00000240. The van der Waals surface area contributed by atoms with Gasteiger partial charge < -0.3 is 15.2 Å². The zero-order chi connectivity index (χ0) is 19.3. The molecule has 1 amide bonds. The number of phenols is 1. The average Bonchev–Trinajstić information content (AvgIpc) is 2.74. The molecule has 3 aromatic carbocycles. The number of rotatable bonds is 5. The molecule has 0 spiro atoms. The van der Waals surface area contributed by atoms with Crippen LogP contribution in [0, 0.1) is 0 Å². The third-order valence-electron chi connectivity index (χ3n) is 4.35. The van der Waals surface area contributed by atoms with Crippen molar-refractivity contribution in [2.45, 2.75) is 14.0 Å². The number of hydrogen-bond acceptors (Lipinski definition) is 4. The van der Waals surface area contributed by atoms with E-state index in [-0.39, 0.29) is 18.7 Å². The van der Waals surface area contributed by atoms with Gasteiger partial charge in [0, 0.05) is 17.3 Å². The molecule has 146 valence electrons. The summed E-state index contributed by atoms with van der Waals surface area (Å²) in [6.07, 6.45) is 1.58. The zero-order valence-electron chi connectivity index (χ0n) is 15.0. The van der Waals surface area contributed by atoms with Crippen molar-refractivity contribution in [3.05, 3.63) is 96.2 Å². The van der Waals surface area contributed by atoms with Crippen LogP contribution in [0.4, 0.5) is 5.69 Å². The third kappa shape index (κ3) is 4.52. The van der Waals surface area contributed by atoms with Gasteiger partial charge in [0.1, 0.15) is 17.9 Å². The highest BCUT2D eigenvalue weighted by Gasteiger charge is 2.14. The number of hydrogen-bond donors (Lipinski definition) is 2. The van der Waals surface area contributed by atoms with E-state index in [9.17, 15) is 9.90 Å². The van der Waals surface area contributed by atoms with E-state index in [1.165, 1.54) is 0 Å². The monoisotopic (exact) mass is 386 g/mol. The molecule has 2 N–H and O–H groups in total. The van der Waals surface area contributed by atoms with Crippen LogP contribution in [0.25, 0.3) is 10.9 Å². The molecule has 0 radical (unpaired) electrons. The van der Waals surface area contributed by atoms with Crippen LogP contribution >= 0.6 is 0 Å². The fourth-order valence-electron chi connectivity index (χ4n) is 2.89. The summed E-state index contributed by atoms with van der Waals surface area (Å²) in [7, 11) is 0. The minimum atomic E-state index is -0.400. The number of ether oxygens (including phenoxy) is 1. The van der Waals surface area contributed by atoms with E-state index < -0.39 is 5.91 Å². The smallest absolute Gasteiger partial charge is 0.259 e. The first-order chi connectivity index (χ1) is 13.7. The maximum Gasteiger partial charge on any atom is 0.259 e. The van der Waals surface area contributed by atoms with Gasteiger partial charge in [0.05, 0.1) is 5.56 Å². The molecular weight excluding hydrogens is 364 g/mol. The molecule has 0 aliphatic carbocycles. The summed E-state index contributed by atoms with van der Waals surface area (Å²) in [6, 6.07) is 24.0.